The third-order valence-electron chi connectivity index (χ3n) is 2.98. The van der Waals surface area contributed by atoms with Gasteiger partial charge in [-0.3, -0.25) is 4.98 Å². The third-order valence-corrected chi connectivity index (χ3v) is 5.04. The van der Waals surface area contributed by atoms with E-state index >= 15 is 0 Å². The summed E-state index contributed by atoms with van der Waals surface area (Å²) in [7, 11) is -1.16. The van der Waals surface area contributed by atoms with E-state index in [1.165, 1.54) is 16.3 Å². The molecular formula is C15H19NSi. The third kappa shape index (κ3) is 3.27. The van der Waals surface area contributed by atoms with E-state index in [-0.39, 0.29) is 0 Å². The standard InChI is InChI=1S/C15H19NSi/c1-17(2,3)15-6-4-13(5-7-15)12-14-8-10-16-11-9-14/h4-11H,12H2,1-3H3. The lowest BCUT2D eigenvalue weighted by atomic mass is 10.1. The highest BCUT2D eigenvalue weighted by Gasteiger charge is 2.15. The van der Waals surface area contributed by atoms with E-state index in [9.17, 15) is 0 Å². The summed E-state index contributed by atoms with van der Waals surface area (Å²) in [4.78, 5) is 4.04. The molecule has 0 fully saturated rings. The van der Waals surface area contributed by atoms with Gasteiger partial charge in [0.25, 0.3) is 0 Å². The molecule has 0 N–H and O–H groups in total. The Hall–Kier alpha value is -1.41. The fraction of sp³-hybridized carbons (Fsp3) is 0.267. The van der Waals surface area contributed by atoms with Gasteiger partial charge in [0.2, 0.25) is 0 Å². The van der Waals surface area contributed by atoms with E-state index in [1.54, 1.807) is 0 Å². The van der Waals surface area contributed by atoms with Crippen LogP contribution in [0.3, 0.4) is 0 Å². The molecule has 1 aromatic heterocycles. The molecule has 1 nitrogen and oxygen atoms in total. The molecule has 0 bridgehead atoms. The molecule has 1 aromatic carbocycles. The zero-order chi connectivity index (χ0) is 12.3. The normalized spacial score (nSPS) is 11.5. The van der Waals surface area contributed by atoms with Crippen LogP contribution in [-0.2, 0) is 6.42 Å². The molecule has 0 aliphatic rings. The van der Waals surface area contributed by atoms with Crippen LogP contribution in [0.25, 0.3) is 0 Å². The Morgan fingerprint density at radius 2 is 1.35 bits per heavy atom. The van der Waals surface area contributed by atoms with E-state index < -0.39 is 8.07 Å². The molecule has 17 heavy (non-hydrogen) atoms. The molecule has 0 amide bonds. The predicted molar refractivity (Wildman–Crippen MR) is 76.5 cm³/mol. The lowest BCUT2D eigenvalue weighted by Crippen LogP contribution is -2.37. The van der Waals surface area contributed by atoms with Crippen molar-refractivity contribution in [2.24, 2.45) is 0 Å². The van der Waals surface area contributed by atoms with Gasteiger partial charge in [0.05, 0.1) is 8.07 Å². The zero-order valence-electron chi connectivity index (χ0n) is 10.8. The van der Waals surface area contributed by atoms with Gasteiger partial charge in [-0.2, -0.15) is 0 Å². The minimum atomic E-state index is -1.16. The number of hydrogen-bond donors (Lipinski definition) is 0. The molecule has 0 unspecified atom stereocenters. The summed E-state index contributed by atoms with van der Waals surface area (Å²) in [6.45, 7) is 7.14. The van der Waals surface area contributed by atoms with Crippen molar-refractivity contribution in [1.29, 1.82) is 0 Å². The van der Waals surface area contributed by atoms with E-state index in [0.717, 1.165) is 6.42 Å². The molecule has 1 heterocycles. The van der Waals surface area contributed by atoms with Gasteiger partial charge >= 0.3 is 0 Å². The lowest BCUT2D eigenvalue weighted by molar-refractivity contribution is 1.16. The first-order valence-electron chi connectivity index (χ1n) is 6.04. The van der Waals surface area contributed by atoms with Crippen molar-refractivity contribution >= 4 is 13.3 Å². The van der Waals surface area contributed by atoms with Gasteiger partial charge in [-0.25, -0.2) is 0 Å². The van der Waals surface area contributed by atoms with Crippen LogP contribution in [0.1, 0.15) is 11.1 Å². The fourth-order valence-corrected chi connectivity index (χ4v) is 3.03. The molecule has 0 aliphatic carbocycles. The van der Waals surface area contributed by atoms with Gasteiger partial charge in [0, 0.05) is 12.4 Å². The molecule has 0 aliphatic heterocycles. The first-order valence-corrected chi connectivity index (χ1v) is 9.54. The second-order valence-electron chi connectivity index (χ2n) is 5.48. The van der Waals surface area contributed by atoms with Crippen molar-refractivity contribution in [2.75, 3.05) is 0 Å². The van der Waals surface area contributed by atoms with Gasteiger partial charge in [-0.15, -0.1) is 0 Å². The first kappa shape index (κ1) is 12.1. The van der Waals surface area contributed by atoms with E-state index in [1.807, 2.05) is 12.4 Å². The van der Waals surface area contributed by atoms with Crippen LogP contribution in [0.5, 0.6) is 0 Å². The van der Waals surface area contributed by atoms with Crippen LogP contribution in [0, 0.1) is 0 Å². The molecule has 0 saturated carbocycles. The predicted octanol–water partition coefficient (Wildman–Crippen LogP) is 3.22. The minimum Gasteiger partial charge on any atom is -0.265 e. The molecule has 0 atom stereocenters. The maximum Gasteiger partial charge on any atom is 0.0775 e. The highest BCUT2D eigenvalue weighted by Crippen LogP contribution is 2.09. The molecule has 2 aromatic rings. The Morgan fingerprint density at radius 3 is 1.88 bits per heavy atom. The van der Waals surface area contributed by atoms with E-state index in [4.69, 9.17) is 0 Å². The SMILES string of the molecule is C[Si](C)(C)c1ccc(Cc2ccncc2)cc1. The maximum atomic E-state index is 4.04. The molecule has 2 heteroatoms. The summed E-state index contributed by atoms with van der Waals surface area (Å²) in [5.41, 5.74) is 2.69. The van der Waals surface area contributed by atoms with Gasteiger partial charge < -0.3 is 0 Å². The maximum absolute atomic E-state index is 4.04. The van der Waals surface area contributed by atoms with Crippen LogP contribution in [0.2, 0.25) is 19.6 Å². The number of nitrogens with zero attached hydrogens (tertiary/aromatic N) is 1. The number of pyridine rings is 1. The van der Waals surface area contributed by atoms with Gasteiger partial charge in [0.1, 0.15) is 0 Å². The summed E-state index contributed by atoms with van der Waals surface area (Å²) in [5, 5.41) is 1.52. The van der Waals surface area contributed by atoms with Crippen LogP contribution in [-0.4, -0.2) is 13.1 Å². The van der Waals surface area contributed by atoms with Gasteiger partial charge in [0.15, 0.2) is 0 Å². The quantitative estimate of drug-likeness (QED) is 0.752. The lowest BCUT2D eigenvalue weighted by Gasteiger charge is -2.16. The van der Waals surface area contributed by atoms with Crippen molar-refractivity contribution in [2.45, 2.75) is 26.1 Å². The van der Waals surface area contributed by atoms with E-state index in [2.05, 4.69) is 61.0 Å². The number of hydrogen-bond acceptors (Lipinski definition) is 1. The van der Waals surface area contributed by atoms with Crippen LogP contribution in [0.4, 0.5) is 0 Å². The Kier molecular flexibility index (Phi) is 3.43. The number of rotatable bonds is 3. The summed E-state index contributed by atoms with van der Waals surface area (Å²) >= 11 is 0. The molecule has 2 rings (SSSR count). The summed E-state index contributed by atoms with van der Waals surface area (Å²) in [5.74, 6) is 0. The van der Waals surface area contributed by atoms with Crippen LogP contribution < -0.4 is 5.19 Å². The smallest absolute Gasteiger partial charge is 0.0775 e. The monoisotopic (exact) mass is 241 g/mol. The van der Waals surface area contributed by atoms with Crippen molar-refractivity contribution in [3.8, 4) is 0 Å². The van der Waals surface area contributed by atoms with Crippen LogP contribution in [0.15, 0.2) is 48.8 Å². The summed E-state index contributed by atoms with van der Waals surface area (Å²) in [6, 6.07) is 13.3. The average molecular weight is 241 g/mol. The molecular weight excluding hydrogens is 222 g/mol. The van der Waals surface area contributed by atoms with Crippen molar-refractivity contribution in [1.82, 2.24) is 4.98 Å². The fourth-order valence-electron chi connectivity index (χ4n) is 1.86. The molecule has 88 valence electrons. The zero-order valence-corrected chi connectivity index (χ0v) is 11.8. The highest BCUT2D eigenvalue weighted by atomic mass is 28.3. The topological polar surface area (TPSA) is 12.9 Å². The Bertz CT molecular complexity index is 469. The second-order valence-corrected chi connectivity index (χ2v) is 10.6. The first-order chi connectivity index (χ1) is 8.05. The Morgan fingerprint density at radius 1 is 0.824 bits per heavy atom. The largest absolute Gasteiger partial charge is 0.265 e. The summed E-state index contributed by atoms with van der Waals surface area (Å²) < 4.78 is 0. The Labute approximate surface area is 105 Å². The Balaban J connectivity index is 2.14. The molecule has 0 saturated heterocycles. The average Bonchev–Trinajstić information content (AvgIpc) is 2.30. The second kappa shape index (κ2) is 4.84. The molecule has 0 radical (unpaired) electrons. The van der Waals surface area contributed by atoms with Crippen molar-refractivity contribution < 1.29 is 0 Å². The summed E-state index contributed by atoms with van der Waals surface area (Å²) in [6.07, 6.45) is 4.70. The highest BCUT2D eigenvalue weighted by molar-refractivity contribution is 6.88. The van der Waals surface area contributed by atoms with Crippen molar-refractivity contribution in [3.63, 3.8) is 0 Å². The molecule has 0 spiro atoms. The minimum absolute atomic E-state index is 0.995. The number of benzene rings is 1. The van der Waals surface area contributed by atoms with Gasteiger partial charge in [-0.1, -0.05) is 49.1 Å². The van der Waals surface area contributed by atoms with Crippen LogP contribution >= 0.6 is 0 Å². The van der Waals surface area contributed by atoms with Gasteiger partial charge in [-0.05, 0) is 29.7 Å². The number of aromatic nitrogens is 1. The van der Waals surface area contributed by atoms with E-state index in [0.29, 0.717) is 0 Å². The van der Waals surface area contributed by atoms with Crippen molar-refractivity contribution in [3.05, 3.63) is 59.9 Å².